The molecule has 0 saturated heterocycles. The number of esters is 1. The summed E-state index contributed by atoms with van der Waals surface area (Å²) in [6.45, 7) is 1.41. The minimum Gasteiger partial charge on any atom is -0.512 e. The number of carbonyl (C=O) groups is 1. The van der Waals surface area contributed by atoms with Gasteiger partial charge in [-0.15, -0.1) is 0 Å². The first-order chi connectivity index (χ1) is 6.18. The minimum atomic E-state index is -0.578. The van der Waals surface area contributed by atoms with E-state index < -0.39 is 5.97 Å². The van der Waals surface area contributed by atoms with E-state index in [1.54, 1.807) is 24.3 Å². The van der Waals surface area contributed by atoms with Crippen molar-refractivity contribution in [3.63, 3.8) is 0 Å². The number of hydrogen-bond donors (Lipinski definition) is 1. The topological polar surface area (TPSA) is 46.5 Å². The summed E-state index contributed by atoms with van der Waals surface area (Å²) in [5.74, 6) is -0.183. The number of para-hydroxylation sites is 1. The van der Waals surface area contributed by atoms with Crippen LogP contribution >= 0.6 is 0 Å². The molecular weight excluding hydrogens is 168 g/mol. The molecule has 0 aliphatic carbocycles. The second-order valence-electron chi connectivity index (χ2n) is 2.52. The van der Waals surface area contributed by atoms with Crippen LogP contribution in [0.15, 0.2) is 42.2 Å². The van der Waals surface area contributed by atoms with Crippen LogP contribution < -0.4 is 4.74 Å². The molecule has 3 heteroatoms. The second-order valence-corrected chi connectivity index (χ2v) is 2.52. The van der Waals surface area contributed by atoms with Gasteiger partial charge in [-0.25, -0.2) is 4.79 Å². The van der Waals surface area contributed by atoms with Crippen LogP contribution in [-0.4, -0.2) is 11.1 Å². The maximum absolute atomic E-state index is 11.0. The molecule has 0 amide bonds. The second kappa shape index (κ2) is 4.30. The number of rotatable bonds is 2. The number of allylic oxidation sites excluding steroid dienone is 1. The predicted molar refractivity (Wildman–Crippen MR) is 48.5 cm³/mol. The molecule has 3 nitrogen and oxygen atoms in total. The van der Waals surface area contributed by atoms with Gasteiger partial charge >= 0.3 is 5.97 Å². The van der Waals surface area contributed by atoms with Gasteiger partial charge in [0.05, 0.1) is 11.8 Å². The van der Waals surface area contributed by atoms with E-state index in [9.17, 15) is 4.79 Å². The van der Waals surface area contributed by atoms with Gasteiger partial charge in [-0.2, -0.15) is 0 Å². The first kappa shape index (κ1) is 9.32. The molecule has 0 spiro atoms. The van der Waals surface area contributed by atoms with Crippen LogP contribution in [0.5, 0.6) is 5.75 Å². The summed E-state index contributed by atoms with van der Waals surface area (Å²) in [6.07, 6.45) is 1.02. The van der Waals surface area contributed by atoms with Gasteiger partial charge in [0.25, 0.3) is 0 Å². The minimum absolute atomic E-state index is 0.0686. The lowest BCUT2D eigenvalue weighted by atomic mass is 10.3. The highest BCUT2D eigenvalue weighted by atomic mass is 16.5. The van der Waals surface area contributed by atoms with Gasteiger partial charge < -0.3 is 9.84 Å². The van der Waals surface area contributed by atoms with Crippen LogP contribution in [0, 0.1) is 0 Å². The van der Waals surface area contributed by atoms with E-state index in [0.29, 0.717) is 5.75 Å². The number of ether oxygens (including phenoxy) is 1. The van der Waals surface area contributed by atoms with E-state index in [1.165, 1.54) is 6.92 Å². The van der Waals surface area contributed by atoms with Crippen molar-refractivity contribution in [2.75, 3.05) is 0 Å². The molecule has 0 aromatic heterocycles. The molecule has 68 valence electrons. The van der Waals surface area contributed by atoms with Crippen molar-refractivity contribution in [3.05, 3.63) is 42.2 Å². The molecule has 0 unspecified atom stereocenters. The highest BCUT2D eigenvalue weighted by molar-refractivity contribution is 5.84. The summed E-state index contributed by atoms with van der Waals surface area (Å²) in [4.78, 5) is 11.0. The molecule has 0 saturated carbocycles. The summed E-state index contributed by atoms with van der Waals surface area (Å²) < 4.78 is 4.85. The smallest absolute Gasteiger partial charge is 0.339 e. The Kier molecular flexibility index (Phi) is 3.09. The maximum Gasteiger partial charge on any atom is 0.339 e. The molecule has 1 rings (SSSR count). The lowest BCUT2D eigenvalue weighted by molar-refractivity contribution is -0.129. The Balaban J connectivity index is 2.61. The van der Waals surface area contributed by atoms with Crippen molar-refractivity contribution in [3.8, 4) is 5.75 Å². The third-order valence-electron chi connectivity index (χ3n) is 1.29. The monoisotopic (exact) mass is 178 g/mol. The van der Waals surface area contributed by atoms with Crippen LogP contribution in [0.3, 0.4) is 0 Å². The van der Waals surface area contributed by atoms with Gasteiger partial charge in [-0.05, 0) is 19.1 Å². The van der Waals surface area contributed by atoms with Crippen LogP contribution in [0.2, 0.25) is 0 Å². The number of hydrogen-bond acceptors (Lipinski definition) is 3. The van der Waals surface area contributed by atoms with E-state index >= 15 is 0 Å². The molecule has 1 N–H and O–H groups in total. The normalized spacial score (nSPS) is 11.0. The van der Waals surface area contributed by atoms with Crippen molar-refractivity contribution in [2.24, 2.45) is 0 Å². The highest BCUT2D eigenvalue weighted by Crippen LogP contribution is 2.08. The molecule has 0 bridgehead atoms. The molecule has 0 aliphatic rings. The van der Waals surface area contributed by atoms with E-state index in [4.69, 9.17) is 9.84 Å². The first-order valence-electron chi connectivity index (χ1n) is 3.82. The van der Waals surface area contributed by atoms with Gasteiger partial charge in [0, 0.05) is 0 Å². The summed E-state index contributed by atoms with van der Waals surface area (Å²) in [7, 11) is 0. The highest BCUT2D eigenvalue weighted by Gasteiger charge is 1.99. The van der Waals surface area contributed by atoms with E-state index in [-0.39, 0.29) is 5.76 Å². The van der Waals surface area contributed by atoms with Gasteiger partial charge in [-0.1, -0.05) is 18.2 Å². The number of aliphatic hydroxyl groups excluding tert-OH is 1. The van der Waals surface area contributed by atoms with Gasteiger partial charge in [0.1, 0.15) is 5.75 Å². The third-order valence-corrected chi connectivity index (χ3v) is 1.29. The summed E-state index contributed by atoms with van der Waals surface area (Å²) in [5, 5.41) is 8.76. The molecule has 13 heavy (non-hydrogen) atoms. The fraction of sp³-hybridized carbons (Fsp3) is 0.100. The largest absolute Gasteiger partial charge is 0.512 e. The summed E-state index contributed by atoms with van der Waals surface area (Å²) in [6, 6.07) is 8.68. The molecule has 1 aromatic carbocycles. The number of carbonyl (C=O) groups excluding carboxylic acids is 1. The van der Waals surface area contributed by atoms with Crippen LogP contribution in [0.1, 0.15) is 6.92 Å². The SMILES string of the molecule is CC(O)=CC(=O)Oc1ccccc1. The Labute approximate surface area is 76.3 Å². The Hall–Kier alpha value is -1.77. The Bertz CT molecular complexity index is 310. The lowest BCUT2D eigenvalue weighted by Gasteiger charge is -1.99. The van der Waals surface area contributed by atoms with Crippen molar-refractivity contribution < 1.29 is 14.6 Å². The Morgan fingerprint density at radius 3 is 2.54 bits per heavy atom. The van der Waals surface area contributed by atoms with Crippen molar-refractivity contribution in [1.29, 1.82) is 0 Å². The average molecular weight is 178 g/mol. The predicted octanol–water partition coefficient (Wildman–Crippen LogP) is 2.05. The molecule has 0 radical (unpaired) electrons. The maximum atomic E-state index is 11.0. The zero-order chi connectivity index (χ0) is 9.68. The van der Waals surface area contributed by atoms with E-state index in [1.807, 2.05) is 6.07 Å². The molecule has 0 heterocycles. The zero-order valence-corrected chi connectivity index (χ0v) is 7.23. The lowest BCUT2D eigenvalue weighted by Crippen LogP contribution is -2.04. The number of benzene rings is 1. The molecule has 1 aromatic rings. The van der Waals surface area contributed by atoms with Gasteiger partial charge in [0.2, 0.25) is 0 Å². The van der Waals surface area contributed by atoms with Crippen molar-refractivity contribution >= 4 is 5.97 Å². The molecule has 0 fully saturated rings. The third kappa shape index (κ3) is 3.42. The molecular formula is C10H10O3. The van der Waals surface area contributed by atoms with Crippen molar-refractivity contribution in [1.82, 2.24) is 0 Å². The van der Waals surface area contributed by atoms with Crippen LogP contribution in [-0.2, 0) is 4.79 Å². The zero-order valence-electron chi connectivity index (χ0n) is 7.23. The summed E-state index contributed by atoms with van der Waals surface area (Å²) >= 11 is 0. The van der Waals surface area contributed by atoms with Gasteiger partial charge in [-0.3, -0.25) is 0 Å². The molecule has 0 atom stereocenters. The first-order valence-corrected chi connectivity index (χ1v) is 3.82. The van der Waals surface area contributed by atoms with Gasteiger partial charge in [0.15, 0.2) is 0 Å². The molecule has 0 aliphatic heterocycles. The van der Waals surface area contributed by atoms with E-state index in [2.05, 4.69) is 0 Å². The quantitative estimate of drug-likeness (QED) is 0.326. The average Bonchev–Trinajstić information content (AvgIpc) is 2.04. The van der Waals surface area contributed by atoms with Crippen molar-refractivity contribution in [2.45, 2.75) is 6.92 Å². The van der Waals surface area contributed by atoms with Crippen LogP contribution in [0.25, 0.3) is 0 Å². The Morgan fingerprint density at radius 2 is 2.00 bits per heavy atom. The fourth-order valence-electron chi connectivity index (χ4n) is 0.805. The van der Waals surface area contributed by atoms with E-state index in [0.717, 1.165) is 6.08 Å². The fourth-order valence-corrected chi connectivity index (χ4v) is 0.805. The summed E-state index contributed by atoms with van der Waals surface area (Å²) in [5.41, 5.74) is 0. The number of aliphatic hydroxyl groups is 1. The van der Waals surface area contributed by atoms with Crippen LogP contribution in [0.4, 0.5) is 0 Å². The standard InChI is InChI=1S/C10H10O3/c1-8(11)7-10(12)13-9-5-3-2-4-6-9/h2-7,11H,1H3. The Morgan fingerprint density at radius 1 is 1.38 bits per heavy atom.